The van der Waals surface area contributed by atoms with E-state index in [1.165, 1.54) is 18.2 Å². The third-order valence-electron chi connectivity index (χ3n) is 2.88. The number of aromatic hydroxyl groups is 3. The van der Waals surface area contributed by atoms with Crippen molar-refractivity contribution in [3.05, 3.63) is 52.7 Å². The number of fused-ring (bicyclic) bond motifs is 1. The normalized spacial score (nSPS) is 11.5. The fraction of sp³-hybridized carbons (Fsp3) is 0. The van der Waals surface area contributed by atoms with Crippen molar-refractivity contribution < 1.29 is 21.1 Å². The highest BCUT2D eigenvalue weighted by atomic mass is 16.3. The first-order valence-electron chi connectivity index (χ1n) is 6.26. The molecule has 0 fully saturated rings. The van der Waals surface area contributed by atoms with Gasteiger partial charge in [0, 0.05) is 23.7 Å². The van der Waals surface area contributed by atoms with Crippen LogP contribution < -0.4 is 5.43 Å². The third-order valence-corrected chi connectivity index (χ3v) is 2.88. The van der Waals surface area contributed by atoms with E-state index in [0.29, 0.717) is 5.56 Å². The van der Waals surface area contributed by atoms with Crippen molar-refractivity contribution in [2.45, 2.75) is 0 Å². The molecule has 1 aromatic heterocycles. The van der Waals surface area contributed by atoms with Gasteiger partial charge in [0.15, 0.2) is 5.43 Å². The molecule has 2 aromatic carbocycles. The van der Waals surface area contributed by atoms with Gasteiger partial charge in [0.1, 0.15) is 34.0 Å². The number of rotatable bonds is 1. The molecular weight excluding hydrogens is 260 g/mol. The average molecular weight is 271 g/mol. The van der Waals surface area contributed by atoms with Crippen LogP contribution in [0.2, 0.25) is 0 Å². The summed E-state index contributed by atoms with van der Waals surface area (Å²) in [7, 11) is 0. The molecule has 0 saturated heterocycles. The van der Waals surface area contributed by atoms with Crippen LogP contribution >= 0.6 is 0 Å². The van der Waals surface area contributed by atoms with E-state index in [4.69, 9.17) is 5.79 Å². The van der Waals surface area contributed by atoms with E-state index in [9.17, 15) is 20.1 Å². The van der Waals surface area contributed by atoms with Gasteiger partial charge in [0.05, 0.1) is 1.37 Å². The Labute approximate surface area is 114 Å². The lowest BCUT2D eigenvalue weighted by molar-refractivity contribution is 0.452. The maximum Gasteiger partial charge on any atom is 0.197 e. The molecule has 100 valence electrons. The maximum atomic E-state index is 12.1. The Hall–Kier alpha value is -2.95. The number of benzene rings is 2. The molecule has 0 radical (unpaired) electrons. The van der Waals surface area contributed by atoms with Crippen LogP contribution in [0.1, 0.15) is 1.37 Å². The second kappa shape index (κ2) is 4.31. The van der Waals surface area contributed by atoms with E-state index < -0.39 is 23.0 Å². The molecule has 0 aliphatic carbocycles. The van der Waals surface area contributed by atoms with Crippen LogP contribution in [0.5, 0.6) is 17.2 Å². The predicted molar refractivity (Wildman–Crippen MR) is 72.9 cm³/mol. The summed E-state index contributed by atoms with van der Waals surface area (Å²) >= 11 is 0. The van der Waals surface area contributed by atoms with Crippen LogP contribution in [0.4, 0.5) is 0 Å². The van der Waals surface area contributed by atoms with Crippen molar-refractivity contribution in [3.8, 4) is 28.6 Å². The molecule has 1 heterocycles. The molecule has 5 heteroatoms. The van der Waals surface area contributed by atoms with E-state index in [1.807, 2.05) is 0 Å². The lowest BCUT2D eigenvalue weighted by Gasteiger charge is -2.05. The zero-order chi connectivity index (χ0) is 15.1. The van der Waals surface area contributed by atoms with Crippen molar-refractivity contribution in [1.29, 1.82) is 0 Å². The van der Waals surface area contributed by atoms with E-state index in [1.54, 1.807) is 12.1 Å². The van der Waals surface area contributed by atoms with Crippen LogP contribution in [0.25, 0.3) is 22.3 Å². The minimum Gasteiger partial charge on any atom is -0.508 e. The van der Waals surface area contributed by atoms with Gasteiger partial charge in [0.25, 0.3) is 0 Å². The molecule has 0 spiro atoms. The third kappa shape index (κ3) is 1.95. The Morgan fingerprint density at radius 2 is 1.70 bits per heavy atom. The average Bonchev–Trinajstić information content (AvgIpc) is 2.45. The highest BCUT2D eigenvalue weighted by Crippen LogP contribution is 2.30. The monoisotopic (exact) mass is 271 g/mol. The van der Waals surface area contributed by atoms with Crippen molar-refractivity contribution in [3.63, 3.8) is 0 Å². The second-order valence-electron chi connectivity index (χ2n) is 4.26. The molecular formula is C15H10O5. The highest BCUT2D eigenvalue weighted by Gasteiger charge is 2.11. The smallest absolute Gasteiger partial charge is 0.197 e. The SMILES string of the molecule is [2H]c1c(O)cc2oc(-c3ccc(O)cc3)cc(=O)c2c1O. The summed E-state index contributed by atoms with van der Waals surface area (Å²) in [6.45, 7) is 0. The molecule has 0 bridgehead atoms. The fourth-order valence-electron chi connectivity index (χ4n) is 1.96. The number of hydrogen-bond donors (Lipinski definition) is 3. The first kappa shape index (κ1) is 10.9. The first-order chi connectivity index (χ1) is 9.97. The fourth-order valence-corrected chi connectivity index (χ4v) is 1.96. The maximum absolute atomic E-state index is 12.1. The van der Waals surface area contributed by atoms with E-state index >= 15 is 0 Å². The van der Waals surface area contributed by atoms with Gasteiger partial charge < -0.3 is 19.7 Å². The van der Waals surface area contributed by atoms with Crippen molar-refractivity contribution in [2.75, 3.05) is 0 Å². The van der Waals surface area contributed by atoms with Gasteiger partial charge in [-0.1, -0.05) is 0 Å². The van der Waals surface area contributed by atoms with Crippen molar-refractivity contribution in [1.82, 2.24) is 0 Å². The van der Waals surface area contributed by atoms with E-state index in [-0.39, 0.29) is 22.5 Å². The number of phenolic OH excluding ortho intramolecular Hbond substituents is 3. The molecule has 0 aliphatic rings. The predicted octanol–water partition coefficient (Wildman–Crippen LogP) is 2.58. The van der Waals surface area contributed by atoms with Crippen LogP contribution in [0, 0.1) is 0 Å². The van der Waals surface area contributed by atoms with Gasteiger partial charge in [0.2, 0.25) is 0 Å². The van der Waals surface area contributed by atoms with Gasteiger partial charge in [-0.3, -0.25) is 4.79 Å². The van der Waals surface area contributed by atoms with Gasteiger partial charge >= 0.3 is 0 Å². The largest absolute Gasteiger partial charge is 0.508 e. The molecule has 3 N–H and O–H groups in total. The van der Waals surface area contributed by atoms with Crippen LogP contribution in [0.3, 0.4) is 0 Å². The molecule has 0 saturated carbocycles. The molecule has 20 heavy (non-hydrogen) atoms. The summed E-state index contributed by atoms with van der Waals surface area (Å²) in [5.74, 6) is -0.790. The second-order valence-corrected chi connectivity index (χ2v) is 4.26. The molecule has 0 aliphatic heterocycles. The summed E-state index contributed by atoms with van der Waals surface area (Å²) in [6, 6.07) is 7.80. The zero-order valence-corrected chi connectivity index (χ0v) is 10.1. The summed E-state index contributed by atoms with van der Waals surface area (Å²) in [5, 5.41) is 28.4. The van der Waals surface area contributed by atoms with Crippen LogP contribution in [0.15, 0.2) is 51.7 Å². The summed E-state index contributed by atoms with van der Waals surface area (Å²) in [5.41, 5.74) is 0.0163. The lowest BCUT2D eigenvalue weighted by atomic mass is 10.1. The lowest BCUT2D eigenvalue weighted by Crippen LogP contribution is -2.00. The Bertz CT molecular complexity index is 897. The van der Waals surface area contributed by atoms with Crippen molar-refractivity contribution in [2.24, 2.45) is 0 Å². The van der Waals surface area contributed by atoms with Crippen LogP contribution in [-0.2, 0) is 0 Å². The Morgan fingerprint density at radius 3 is 2.40 bits per heavy atom. The molecule has 5 nitrogen and oxygen atoms in total. The number of hydrogen-bond acceptors (Lipinski definition) is 5. The standard InChI is InChI=1S/C15H10O5/c16-9-3-1-8(2-4-9)13-7-12(19)15-11(18)5-10(17)6-14(15)20-13/h1-7,16-18H/i5D. The van der Waals surface area contributed by atoms with E-state index in [2.05, 4.69) is 0 Å². The Kier molecular flexibility index (Phi) is 2.35. The van der Waals surface area contributed by atoms with Gasteiger partial charge in [-0.05, 0) is 24.3 Å². The van der Waals surface area contributed by atoms with Crippen molar-refractivity contribution >= 4 is 11.0 Å². The molecule has 0 amide bonds. The van der Waals surface area contributed by atoms with Gasteiger partial charge in [-0.25, -0.2) is 0 Å². The zero-order valence-electron chi connectivity index (χ0n) is 11.1. The minimum absolute atomic E-state index is 0.0171. The molecule has 3 aromatic rings. The summed E-state index contributed by atoms with van der Waals surface area (Å²) in [6.07, 6.45) is 0. The highest BCUT2D eigenvalue weighted by molar-refractivity contribution is 5.85. The summed E-state index contributed by atoms with van der Waals surface area (Å²) < 4.78 is 13.0. The topological polar surface area (TPSA) is 90.9 Å². The molecule has 3 rings (SSSR count). The van der Waals surface area contributed by atoms with Crippen LogP contribution in [-0.4, -0.2) is 15.3 Å². The van der Waals surface area contributed by atoms with E-state index in [0.717, 1.165) is 6.07 Å². The Balaban J connectivity index is 2.31. The summed E-state index contributed by atoms with van der Waals surface area (Å²) in [4.78, 5) is 12.1. The quantitative estimate of drug-likeness (QED) is 0.632. The number of phenols is 3. The molecule has 0 unspecified atom stereocenters. The van der Waals surface area contributed by atoms with Gasteiger partial charge in [-0.15, -0.1) is 0 Å². The Morgan fingerprint density at radius 1 is 1.00 bits per heavy atom. The van der Waals surface area contributed by atoms with Gasteiger partial charge in [-0.2, -0.15) is 0 Å². The minimum atomic E-state index is -0.615. The first-order valence-corrected chi connectivity index (χ1v) is 5.76. The molecule has 0 atom stereocenters.